The molecule has 6 fully saturated rings. The van der Waals surface area contributed by atoms with Crippen LogP contribution in [0.4, 0.5) is 34.9 Å². The molecule has 0 bridgehead atoms. The van der Waals surface area contributed by atoms with E-state index in [-0.39, 0.29) is 140 Å². The van der Waals surface area contributed by atoms with E-state index < -0.39 is 240 Å². The summed E-state index contributed by atoms with van der Waals surface area (Å²) in [6, 6.07) is 0. The molecule has 147 heavy (non-hydrogen) atoms. The number of phosphoric acid groups is 2. The Morgan fingerprint density at radius 3 is 1.24 bits per heavy atom. The Bertz CT molecular complexity index is 6370. The Hall–Kier alpha value is -7.72. The van der Waals surface area contributed by atoms with Gasteiger partial charge in [0, 0.05) is 77.3 Å². The van der Waals surface area contributed by atoms with Crippen LogP contribution in [0.1, 0.15) is 92.1 Å². The van der Waals surface area contributed by atoms with E-state index in [9.17, 15) is 39.1 Å². The van der Waals surface area contributed by atoms with E-state index in [1.807, 2.05) is 6.92 Å². The van der Waals surface area contributed by atoms with Crippen molar-refractivity contribution in [3.63, 3.8) is 0 Å². The smallest absolute Gasteiger partial charge is 0.387 e. The van der Waals surface area contributed by atoms with Crippen LogP contribution < -0.4 is 62.5 Å². The second kappa shape index (κ2) is 49.1. The third-order valence-electron chi connectivity index (χ3n) is 24.1. The summed E-state index contributed by atoms with van der Waals surface area (Å²) in [4.78, 5) is 137. The molecule has 0 radical (unpaired) electrons. The molecule has 0 spiro atoms. The Morgan fingerprint density at radius 1 is 0.435 bits per heavy atom. The summed E-state index contributed by atoms with van der Waals surface area (Å²) < 4.78 is 212. The van der Waals surface area contributed by atoms with Crippen molar-refractivity contribution in [1.29, 1.82) is 0 Å². The van der Waals surface area contributed by atoms with Gasteiger partial charge in [-0.25, -0.2) is 68.0 Å². The van der Waals surface area contributed by atoms with Gasteiger partial charge < -0.3 is 159 Å². The van der Waals surface area contributed by atoms with Gasteiger partial charge in [0.2, 0.25) is 0 Å². The third-order valence-corrected chi connectivity index (χ3v) is 30.8. The van der Waals surface area contributed by atoms with Crippen molar-refractivity contribution in [2.24, 2.45) is 16.5 Å². The zero-order chi connectivity index (χ0) is 105. The maximum Gasteiger partial charge on any atom is 0.472 e. The Balaban J connectivity index is 0.718. The number of rotatable bonds is 53. The highest BCUT2D eigenvalue weighted by Crippen LogP contribution is 2.61. The van der Waals surface area contributed by atoms with Crippen LogP contribution in [0.3, 0.4) is 0 Å². The summed E-state index contributed by atoms with van der Waals surface area (Å²) >= 11 is 15.9. The van der Waals surface area contributed by atoms with Gasteiger partial charge in [0.05, 0.1) is 130 Å². The highest BCUT2D eigenvalue weighted by atomic mass is 32.7. The van der Waals surface area contributed by atoms with Crippen LogP contribution in [0.25, 0.3) is 22.3 Å². The number of aryl methyl sites for hydroxylation is 3. The van der Waals surface area contributed by atoms with Gasteiger partial charge in [-0.3, -0.25) is 59.1 Å². The first-order chi connectivity index (χ1) is 70.1. The number of nitrogens with two attached hydrogens (primary N) is 7. The Labute approximate surface area is 850 Å². The minimum Gasteiger partial charge on any atom is -0.387 e. The molecule has 0 amide bonds. The number of anilines is 6. The molecule has 8 aromatic heterocycles. The average Bonchev–Trinajstić information content (AvgIpc) is 1.60. The molecule has 8 aromatic rings. The summed E-state index contributed by atoms with van der Waals surface area (Å²) in [6.45, 7) is -14.8. The lowest BCUT2D eigenvalue weighted by Crippen LogP contribution is -2.41. The van der Waals surface area contributed by atoms with Crippen molar-refractivity contribution in [2.75, 3.05) is 169 Å². The predicted octanol–water partition coefficient (Wildman–Crippen LogP) is -0.358. The molecule has 0 aliphatic carbocycles. The number of guanidine groups is 1. The number of imidazole rings is 3. The molecule has 15 heterocycles. The van der Waals surface area contributed by atoms with Crippen molar-refractivity contribution >= 4 is 135 Å². The number of nitrogen functional groups attached to an aromatic ring is 5. The summed E-state index contributed by atoms with van der Waals surface area (Å²) in [7, 11) is -4.93. The van der Waals surface area contributed by atoms with Gasteiger partial charge in [0.15, 0.2) is 60.0 Å². The fraction of sp³-hybridized carbons (Fsp3) is 0.662. The quantitative estimate of drug-likeness (QED) is 0.0131. The first-order valence-corrected chi connectivity index (χ1v) is 56.2. The van der Waals surface area contributed by atoms with Crippen LogP contribution in [0.5, 0.6) is 0 Å². The van der Waals surface area contributed by atoms with E-state index in [0.717, 1.165) is 13.7 Å². The van der Waals surface area contributed by atoms with E-state index in [1.165, 1.54) is 116 Å². The number of methoxy groups -OCH3 is 5. The number of aromatic nitrogens is 16. The number of aliphatic imine (C=N–C) groups is 1. The van der Waals surface area contributed by atoms with Gasteiger partial charge >= 0.3 is 52.9 Å². The highest BCUT2D eigenvalue weighted by Gasteiger charge is 2.59. The van der Waals surface area contributed by atoms with Crippen LogP contribution in [0, 0.1) is 20.8 Å². The standard InChI is InChI=1S/C77H116N25O37P5S3/c1-10-11-39-40(22-46(129-39)100-33-89-47-63(81)85-31-87-66(47)100)135-142(111,145)127-29-44-52(57(121-19-14-116-7)71(132-44)98-24-37(3)61(79)94-76(98)105)137-140(107,108)124-27-42-51(56(120-18-13-115-6)70(131-42)97-23-36(2)60(78)93-75(97)104)136-141(109,110)125-28-43-53(59(123-21-16-118-9)73(134-43)102-35-91-49-65(83)92-74(84)96-68(49)102)138-144(113,147)128-30-45-54(58(122-20-15-117-8)72(133-45)99-25-38(4)62(80)95-77(99)106)139-143(112,146)126-26-41-50(103)55(119-17-12-114-5)69(130-41)101-34-90-48-64(82)86-32-88-67(48)101/h23-25,31-35,39-46,50-59,65,69-73,103H,10-22,26-30,83H2,1-9H3,(H,107,108)(H,109,110)(H,111,145)(H,112,146)(H,113,147)(H2,78,93,104)(H2,79,94,105)(H2,80,95,106)(H2,81,85,87)(H2,82,86,88)(H3,84,92,96)/t39-,40?,41-,42-,43-,44-,45-,46-,50?,51?,52?,53?,54?,55+,56+,57+,58+,59+,65?,69-,70-,71-,72-,73-,142?,143?,144?/m1/s1. The van der Waals surface area contributed by atoms with E-state index in [0.29, 0.717) is 24.0 Å². The fourth-order valence-corrected chi connectivity index (χ4v) is 23.4. The number of hydrogen-bond acceptors (Lipinski definition) is 54. The van der Waals surface area contributed by atoms with Crippen LogP contribution in [0.2, 0.25) is 0 Å². The molecule has 0 aromatic carbocycles. The molecular weight excluding hydrogens is 2120 g/mol. The number of fused-ring (bicyclic) bond motifs is 3. The first-order valence-electron chi connectivity index (χ1n) is 45.3. The number of nitrogens with zero attached hydrogens (tertiary/aromatic N) is 17. The van der Waals surface area contributed by atoms with E-state index in [4.69, 9.17) is 185 Å². The molecular formula is C77H116N25O37P5S3. The summed E-state index contributed by atoms with van der Waals surface area (Å²) in [5.41, 5.74) is 42.1. The molecule has 12 unspecified atom stereocenters. The van der Waals surface area contributed by atoms with Crippen molar-refractivity contribution in [3.05, 3.63) is 104 Å². The number of aliphatic hydroxyl groups is 1. The number of aliphatic hydroxyl groups excluding tert-OH is 1. The lowest BCUT2D eigenvalue weighted by molar-refractivity contribution is -0.0849. The zero-order valence-electron chi connectivity index (χ0n) is 80.1. The number of hydrogen-bond donors (Lipinski definition) is 14. The zero-order valence-corrected chi connectivity index (χ0v) is 87.1. The van der Waals surface area contributed by atoms with E-state index >= 15 is 13.7 Å². The van der Waals surface area contributed by atoms with Crippen molar-refractivity contribution < 1.29 is 159 Å². The number of nitrogens with one attached hydrogen (secondary N) is 1. The minimum atomic E-state index is -5.92. The third kappa shape index (κ3) is 26.7. The molecule has 814 valence electrons. The summed E-state index contributed by atoms with van der Waals surface area (Å²) in [5, 5.41) is 14.8. The van der Waals surface area contributed by atoms with Crippen molar-refractivity contribution in [3.8, 4) is 0 Å². The maximum atomic E-state index is 15.7. The molecule has 20 N–H and O–H groups in total. The minimum absolute atomic E-state index is 0.0379. The van der Waals surface area contributed by atoms with Gasteiger partial charge in [-0.05, 0) is 50.8 Å². The van der Waals surface area contributed by atoms with Crippen LogP contribution in [-0.4, -0.2) is 346 Å². The Morgan fingerprint density at radius 2 is 0.803 bits per heavy atom. The number of thiol groups is 1. The van der Waals surface area contributed by atoms with Crippen molar-refractivity contribution in [1.82, 2.24) is 77.2 Å². The molecule has 7 aliphatic heterocycles. The fourth-order valence-electron chi connectivity index (χ4n) is 17.1. The largest absolute Gasteiger partial charge is 0.472 e. The maximum absolute atomic E-state index is 15.7. The molecule has 6 saturated heterocycles. The highest BCUT2D eigenvalue weighted by molar-refractivity contribution is 8.44. The lowest BCUT2D eigenvalue weighted by atomic mass is 10.1. The SMILES string of the molecule is CCC[C@H]1O[C@@H](n2cnc3c(N)ncnc32)CC1OP(O)(=S)OC[C@H]1O[C@@H](n2cc(C)c(N)nc2=O)[C@@H](OCCOC)C1OP(=O)(O)OC[C@H]1O[C@@H](n2cc(C)c(N)nc2=O)[C@@H](OCCOC)C1OP(=O)(O)OC[C@H]1O[C@@H](n2cnc3c2NC(N)=NC3N)[C@@H](OCCOC)C1OP(=O)(S)OC[C@H]1O[C@@H](n2cc(C)c(N)nc2=O)[C@@H](OCCOC)C1OP(O)(=S)OC[C@H]1O[C@@H](n2cnc3c(N)ncnc32)[C@@H](OCCOC)C1O. The number of ether oxygens (including phenoxy) is 16. The molecule has 29 atom stereocenters. The molecule has 62 nitrogen and oxygen atoms in total. The van der Waals surface area contributed by atoms with Crippen LogP contribution >= 0.6 is 48.1 Å². The van der Waals surface area contributed by atoms with Crippen LogP contribution in [0.15, 0.2) is 69.6 Å². The lowest BCUT2D eigenvalue weighted by Gasteiger charge is -2.30. The number of phosphoric ester groups is 2. The van der Waals surface area contributed by atoms with Gasteiger partial charge in [-0.1, -0.05) is 25.6 Å². The summed E-state index contributed by atoms with van der Waals surface area (Å²) in [6.07, 6.45) is -25.8. The average molecular weight is 2230 g/mol. The van der Waals surface area contributed by atoms with E-state index in [1.54, 1.807) is 4.57 Å². The van der Waals surface area contributed by atoms with Gasteiger partial charge in [-0.15, -0.1) is 0 Å². The Kier molecular flexibility index (Phi) is 37.9. The van der Waals surface area contributed by atoms with Gasteiger partial charge in [-0.2, -0.15) is 15.0 Å². The van der Waals surface area contributed by atoms with E-state index in [2.05, 4.69) is 72.4 Å². The monoisotopic (exact) mass is 2230 g/mol. The molecule has 0 saturated carbocycles. The first kappa shape index (κ1) is 113. The molecule has 70 heteroatoms. The molecule has 7 aliphatic rings. The second-order valence-corrected chi connectivity index (χ2v) is 45.3. The normalized spacial score (nSPS) is 29.8. The summed E-state index contributed by atoms with van der Waals surface area (Å²) in [5.74, 6) is -0.550. The second-order valence-electron chi connectivity index (χ2n) is 34.0. The molecule has 15 rings (SSSR count). The van der Waals surface area contributed by atoms with Crippen molar-refractivity contribution in [2.45, 2.75) is 194 Å². The van der Waals surface area contributed by atoms with Gasteiger partial charge in [0.25, 0.3) is 0 Å². The van der Waals surface area contributed by atoms with Crippen LogP contribution in [-0.2, 0) is 158 Å². The topological polar surface area (TPSA) is 809 Å². The predicted molar refractivity (Wildman–Crippen MR) is 517 cm³/mol. The van der Waals surface area contributed by atoms with Gasteiger partial charge in [0.1, 0.15) is 157 Å².